The van der Waals surface area contributed by atoms with Gasteiger partial charge in [0.1, 0.15) is 12.1 Å². The molecule has 0 heterocycles. The van der Waals surface area contributed by atoms with Gasteiger partial charge in [0.05, 0.1) is 0 Å². The Morgan fingerprint density at radius 1 is 1.16 bits per heavy atom. The van der Waals surface area contributed by atoms with Gasteiger partial charge in [-0.15, -0.1) is 0 Å². The molecular formula is C13H15N5O5S2. The van der Waals surface area contributed by atoms with Gasteiger partial charge in [0, 0.05) is 27.7 Å². The molecule has 1 aromatic rings. The molecule has 5 N–H and O–H groups in total. The lowest BCUT2D eigenvalue weighted by Gasteiger charge is -2.14. The molecule has 134 valence electrons. The second-order valence-electron chi connectivity index (χ2n) is 4.61. The molecule has 10 nitrogen and oxygen atoms in total. The Kier molecular flexibility index (Phi) is 8.64. The number of amides is 1. The van der Waals surface area contributed by atoms with Crippen molar-refractivity contribution in [2.24, 2.45) is 10.8 Å². The van der Waals surface area contributed by atoms with Crippen LogP contribution in [0.2, 0.25) is 0 Å². The first-order chi connectivity index (χ1) is 11.8. The molecular weight excluding hydrogens is 370 g/mol. The quantitative estimate of drug-likeness (QED) is 0.154. The summed E-state index contributed by atoms with van der Waals surface area (Å²) < 4.78 is 0. The molecule has 0 spiro atoms. The zero-order chi connectivity index (χ0) is 18.8. The van der Waals surface area contributed by atoms with E-state index in [0.29, 0.717) is 5.69 Å². The number of nitrogens with zero attached hydrogens (tertiary/aromatic N) is 3. The summed E-state index contributed by atoms with van der Waals surface area (Å²) in [7, 11) is 2.22. The molecule has 0 saturated heterocycles. The van der Waals surface area contributed by atoms with E-state index in [2.05, 4.69) is 15.3 Å². The maximum atomic E-state index is 12.1. The van der Waals surface area contributed by atoms with Gasteiger partial charge in [0.15, 0.2) is 0 Å². The molecule has 0 bridgehead atoms. The minimum atomic E-state index is -1.21. The van der Waals surface area contributed by atoms with Crippen molar-refractivity contribution >= 4 is 45.1 Å². The van der Waals surface area contributed by atoms with Gasteiger partial charge in [-0.3, -0.25) is 9.59 Å². The Hall–Kier alpha value is -2.40. The maximum absolute atomic E-state index is 12.1. The fraction of sp³-hybridized carbons (Fsp3) is 0.308. The molecule has 0 radical (unpaired) electrons. The highest BCUT2D eigenvalue weighted by molar-refractivity contribution is 8.76. The number of hydrogen-bond donors (Lipinski definition) is 4. The van der Waals surface area contributed by atoms with E-state index in [4.69, 9.17) is 21.5 Å². The number of hydrogen-bond acceptors (Lipinski definition) is 7. The van der Waals surface area contributed by atoms with Gasteiger partial charge >= 0.3 is 11.9 Å². The van der Waals surface area contributed by atoms with Gasteiger partial charge < -0.3 is 21.3 Å². The predicted octanol–water partition coefficient (Wildman–Crippen LogP) is 1.60. The van der Waals surface area contributed by atoms with E-state index in [9.17, 15) is 14.4 Å². The molecule has 0 aromatic heterocycles. The van der Waals surface area contributed by atoms with Crippen LogP contribution in [0.1, 0.15) is 10.4 Å². The number of carboxylic acid groups (broad SMARTS) is 2. The van der Waals surface area contributed by atoms with Crippen molar-refractivity contribution < 1.29 is 24.6 Å². The highest BCUT2D eigenvalue weighted by Crippen LogP contribution is 2.23. The number of nitrogens with two attached hydrogens (primary N) is 1. The molecule has 1 unspecified atom stereocenters. The third-order valence-electron chi connectivity index (χ3n) is 2.78. The highest BCUT2D eigenvalue weighted by Gasteiger charge is 2.21. The standard InChI is InChI=1S/C13H15N5O5S2/c14-9(12(20)21)5-24-25-6-10(13(22)23)16-11(19)7-1-3-8(4-2-7)17-18-15/h1-4,9-10H,5-6,14H2,(H,16,19)(H,20,21)(H,22,23)/t9?,10-/m0/s1. The summed E-state index contributed by atoms with van der Waals surface area (Å²) in [5.41, 5.74) is 14.2. The number of carboxylic acids is 2. The topological polar surface area (TPSA) is 178 Å². The van der Waals surface area contributed by atoms with E-state index in [1.807, 2.05) is 0 Å². The molecule has 0 fully saturated rings. The van der Waals surface area contributed by atoms with Gasteiger partial charge in [-0.1, -0.05) is 38.8 Å². The molecule has 2 atom stereocenters. The summed E-state index contributed by atoms with van der Waals surface area (Å²) in [6.45, 7) is 0. The minimum absolute atomic E-state index is 0.0366. The molecule has 12 heteroatoms. The lowest BCUT2D eigenvalue weighted by atomic mass is 10.2. The minimum Gasteiger partial charge on any atom is -0.480 e. The lowest BCUT2D eigenvalue weighted by Crippen LogP contribution is -2.42. The van der Waals surface area contributed by atoms with Crippen LogP contribution in [0.3, 0.4) is 0 Å². The van der Waals surface area contributed by atoms with Gasteiger partial charge in [-0.25, -0.2) is 4.79 Å². The van der Waals surface area contributed by atoms with E-state index < -0.39 is 29.9 Å². The number of rotatable bonds is 10. The predicted molar refractivity (Wildman–Crippen MR) is 94.7 cm³/mol. The fourth-order valence-corrected chi connectivity index (χ4v) is 3.73. The first kappa shape index (κ1) is 20.6. The number of nitrogens with one attached hydrogen (secondary N) is 1. The van der Waals surface area contributed by atoms with E-state index >= 15 is 0 Å². The summed E-state index contributed by atoms with van der Waals surface area (Å²) in [4.78, 5) is 36.5. The van der Waals surface area contributed by atoms with Crippen LogP contribution in [0, 0.1) is 0 Å². The van der Waals surface area contributed by atoms with Crippen LogP contribution in [0.4, 0.5) is 5.69 Å². The van der Waals surface area contributed by atoms with E-state index in [1.54, 1.807) is 0 Å². The Labute approximate surface area is 150 Å². The molecule has 0 aliphatic rings. The molecule has 0 aliphatic carbocycles. The largest absolute Gasteiger partial charge is 0.480 e. The highest BCUT2D eigenvalue weighted by atomic mass is 33.1. The Bertz CT molecular complexity index is 678. The van der Waals surface area contributed by atoms with Crippen molar-refractivity contribution in [1.82, 2.24) is 5.32 Å². The van der Waals surface area contributed by atoms with Crippen LogP contribution in [-0.4, -0.2) is 51.6 Å². The van der Waals surface area contributed by atoms with Gasteiger partial charge in [0.25, 0.3) is 5.91 Å². The van der Waals surface area contributed by atoms with Crippen molar-refractivity contribution in [3.63, 3.8) is 0 Å². The lowest BCUT2D eigenvalue weighted by molar-refractivity contribution is -0.139. The average Bonchev–Trinajstić information content (AvgIpc) is 2.57. The molecule has 1 rings (SSSR count). The van der Waals surface area contributed by atoms with Crippen LogP contribution < -0.4 is 11.1 Å². The van der Waals surface area contributed by atoms with E-state index in [-0.39, 0.29) is 17.1 Å². The van der Waals surface area contributed by atoms with Crippen molar-refractivity contribution in [2.45, 2.75) is 12.1 Å². The molecule has 1 aromatic carbocycles. The van der Waals surface area contributed by atoms with Crippen molar-refractivity contribution in [3.8, 4) is 0 Å². The van der Waals surface area contributed by atoms with Crippen LogP contribution in [-0.2, 0) is 9.59 Å². The Morgan fingerprint density at radius 3 is 2.28 bits per heavy atom. The number of carbonyl (C=O) groups is 3. The third kappa shape index (κ3) is 7.35. The van der Waals surface area contributed by atoms with Gasteiger partial charge in [0.2, 0.25) is 0 Å². The summed E-state index contributed by atoms with van der Waals surface area (Å²) in [5.74, 6) is -2.79. The second-order valence-corrected chi connectivity index (χ2v) is 7.17. The Morgan fingerprint density at radius 2 is 1.76 bits per heavy atom. The fourth-order valence-electron chi connectivity index (χ4n) is 1.46. The molecule has 1 amide bonds. The third-order valence-corrected chi connectivity index (χ3v) is 5.22. The van der Waals surface area contributed by atoms with Crippen molar-refractivity contribution in [3.05, 3.63) is 40.3 Å². The van der Waals surface area contributed by atoms with E-state index in [1.165, 1.54) is 24.3 Å². The van der Waals surface area contributed by atoms with Crippen LogP contribution >= 0.6 is 21.6 Å². The smallest absolute Gasteiger partial charge is 0.327 e. The number of aliphatic carboxylic acids is 2. The normalized spacial score (nSPS) is 12.5. The summed E-state index contributed by atoms with van der Waals surface area (Å²) in [5, 5.41) is 23.6. The van der Waals surface area contributed by atoms with Crippen LogP contribution in [0.25, 0.3) is 10.4 Å². The van der Waals surface area contributed by atoms with Crippen molar-refractivity contribution in [1.29, 1.82) is 0 Å². The Balaban J connectivity index is 2.56. The van der Waals surface area contributed by atoms with Crippen molar-refractivity contribution in [2.75, 3.05) is 11.5 Å². The second kappa shape index (κ2) is 10.5. The summed E-state index contributed by atoms with van der Waals surface area (Å²) in [6.07, 6.45) is 0. The molecule has 25 heavy (non-hydrogen) atoms. The maximum Gasteiger partial charge on any atom is 0.327 e. The summed E-state index contributed by atoms with van der Waals surface area (Å²) >= 11 is 0. The first-order valence-corrected chi connectivity index (χ1v) is 9.25. The summed E-state index contributed by atoms with van der Waals surface area (Å²) in [6, 6.07) is 3.50. The number of carbonyl (C=O) groups excluding carboxylic acids is 1. The van der Waals surface area contributed by atoms with Crippen LogP contribution in [0.5, 0.6) is 0 Å². The van der Waals surface area contributed by atoms with Crippen LogP contribution in [0.15, 0.2) is 29.4 Å². The number of azide groups is 1. The van der Waals surface area contributed by atoms with E-state index in [0.717, 1.165) is 21.6 Å². The number of benzene rings is 1. The zero-order valence-corrected chi connectivity index (χ0v) is 14.4. The molecule has 0 aliphatic heterocycles. The van der Waals surface area contributed by atoms with Gasteiger partial charge in [-0.2, -0.15) is 0 Å². The SMILES string of the molecule is [N-]=[N+]=Nc1ccc(C(=O)N[C@@H](CSSCC(N)C(=O)O)C(=O)O)cc1. The monoisotopic (exact) mass is 385 g/mol. The van der Waals surface area contributed by atoms with Gasteiger partial charge in [-0.05, 0) is 17.7 Å². The average molecular weight is 385 g/mol. The zero-order valence-electron chi connectivity index (χ0n) is 12.7. The molecule has 0 saturated carbocycles. The first-order valence-electron chi connectivity index (χ1n) is 6.76.